The van der Waals surface area contributed by atoms with Gasteiger partial charge in [0.1, 0.15) is 0 Å². The van der Waals surface area contributed by atoms with Crippen molar-refractivity contribution in [3.63, 3.8) is 0 Å². The Kier molecular flexibility index (Phi) is 8.42. The van der Waals surface area contributed by atoms with Gasteiger partial charge in [0, 0.05) is 55.2 Å². The van der Waals surface area contributed by atoms with Crippen molar-refractivity contribution in [2.45, 2.75) is 0 Å². The number of para-hydroxylation sites is 4. The maximum absolute atomic E-state index is 5.26. The van der Waals surface area contributed by atoms with Crippen molar-refractivity contribution in [3.05, 3.63) is 224 Å². The molecule has 12 rings (SSSR count). The van der Waals surface area contributed by atoms with Crippen molar-refractivity contribution in [1.29, 1.82) is 0 Å². The van der Waals surface area contributed by atoms with E-state index in [1.807, 2.05) is 36.4 Å². The lowest BCUT2D eigenvalue weighted by Gasteiger charge is -2.15. The molecule has 290 valence electrons. The van der Waals surface area contributed by atoms with Gasteiger partial charge in [0.05, 0.1) is 22.1 Å². The number of hydrogen-bond donors (Lipinski definition) is 0. The molecule has 0 N–H and O–H groups in total. The van der Waals surface area contributed by atoms with Crippen LogP contribution < -0.4 is 0 Å². The molecular formula is C57H37N5. The van der Waals surface area contributed by atoms with Gasteiger partial charge < -0.3 is 9.13 Å². The van der Waals surface area contributed by atoms with Crippen molar-refractivity contribution in [1.82, 2.24) is 24.1 Å². The van der Waals surface area contributed by atoms with Crippen molar-refractivity contribution < 1.29 is 0 Å². The van der Waals surface area contributed by atoms with E-state index in [2.05, 4.69) is 197 Å². The number of rotatable bonds is 7. The molecule has 0 saturated heterocycles. The summed E-state index contributed by atoms with van der Waals surface area (Å²) in [7, 11) is 0. The third-order valence-electron chi connectivity index (χ3n) is 11.9. The zero-order chi connectivity index (χ0) is 41.0. The minimum atomic E-state index is 0.606. The first-order valence-electron chi connectivity index (χ1n) is 21.0. The highest BCUT2D eigenvalue weighted by Crippen LogP contribution is 2.46. The predicted octanol–water partition coefficient (Wildman–Crippen LogP) is 14.4. The molecule has 0 aliphatic carbocycles. The Labute approximate surface area is 358 Å². The topological polar surface area (TPSA) is 48.5 Å². The summed E-state index contributed by atoms with van der Waals surface area (Å²) < 4.78 is 4.82. The molecule has 0 atom stereocenters. The Hall–Kier alpha value is -8.41. The molecule has 5 heteroatoms. The first-order valence-corrected chi connectivity index (χ1v) is 21.0. The maximum atomic E-state index is 5.26. The number of benzene rings is 9. The van der Waals surface area contributed by atoms with Crippen molar-refractivity contribution in [3.8, 4) is 67.8 Å². The van der Waals surface area contributed by atoms with Crippen LogP contribution in [0.3, 0.4) is 0 Å². The highest BCUT2D eigenvalue weighted by Gasteiger charge is 2.24. The second kappa shape index (κ2) is 14.7. The predicted molar refractivity (Wildman–Crippen MR) is 256 cm³/mol. The number of hydrogen-bond acceptors (Lipinski definition) is 3. The van der Waals surface area contributed by atoms with Crippen LogP contribution in [-0.2, 0) is 0 Å². The summed E-state index contributed by atoms with van der Waals surface area (Å²) in [6.07, 6.45) is 0. The third kappa shape index (κ3) is 5.90. The Morgan fingerprint density at radius 3 is 1.40 bits per heavy atom. The summed E-state index contributed by atoms with van der Waals surface area (Å²) in [5.74, 6) is 1.86. The van der Waals surface area contributed by atoms with Gasteiger partial charge in [0.2, 0.25) is 0 Å². The largest absolute Gasteiger partial charge is 0.309 e. The molecule has 0 unspecified atom stereocenters. The normalized spacial score (nSPS) is 11.5. The highest BCUT2D eigenvalue weighted by atomic mass is 15.0. The van der Waals surface area contributed by atoms with E-state index >= 15 is 0 Å². The first-order chi connectivity index (χ1) is 30.8. The minimum absolute atomic E-state index is 0.606. The SMILES string of the molecule is c1ccc(-c2ccc3c(c2)c2cccc(-c4cc(-c5nc(-c6ccccc6)nc(-c6ccccc6)n5)cc5c4c4ccccc4n5-c4ccccc4)c2n3-c2ccccc2)cc1. The van der Waals surface area contributed by atoms with Gasteiger partial charge in [-0.15, -0.1) is 0 Å². The molecular weight excluding hydrogens is 755 g/mol. The molecule has 0 aliphatic heterocycles. The average Bonchev–Trinajstić information content (AvgIpc) is 3.88. The molecule has 5 nitrogen and oxygen atoms in total. The molecule has 0 amide bonds. The van der Waals surface area contributed by atoms with Gasteiger partial charge in [-0.05, 0) is 71.3 Å². The van der Waals surface area contributed by atoms with Gasteiger partial charge in [-0.25, -0.2) is 15.0 Å². The molecule has 9 aromatic carbocycles. The number of aromatic nitrogens is 5. The molecule has 3 aromatic heterocycles. The molecule has 62 heavy (non-hydrogen) atoms. The van der Waals surface area contributed by atoms with Crippen molar-refractivity contribution in [2.75, 3.05) is 0 Å². The van der Waals surface area contributed by atoms with E-state index in [1.54, 1.807) is 0 Å². The monoisotopic (exact) mass is 791 g/mol. The molecule has 0 saturated carbocycles. The fourth-order valence-corrected chi connectivity index (χ4v) is 9.17. The molecule has 3 heterocycles. The van der Waals surface area contributed by atoms with Crippen LogP contribution in [0, 0.1) is 0 Å². The zero-order valence-corrected chi connectivity index (χ0v) is 33.6. The molecule has 0 spiro atoms. The lowest BCUT2D eigenvalue weighted by atomic mass is 9.94. The van der Waals surface area contributed by atoms with E-state index in [4.69, 9.17) is 15.0 Å². The van der Waals surface area contributed by atoms with Gasteiger partial charge in [0.25, 0.3) is 0 Å². The van der Waals surface area contributed by atoms with Crippen molar-refractivity contribution in [2.24, 2.45) is 0 Å². The Morgan fingerprint density at radius 1 is 0.274 bits per heavy atom. The van der Waals surface area contributed by atoms with Crippen LogP contribution in [0.15, 0.2) is 224 Å². The zero-order valence-electron chi connectivity index (χ0n) is 33.6. The summed E-state index contributed by atoms with van der Waals surface area (Å²) in [6, 6.07) is 79.4. The van der Waals surface area contributed by atoms with Crippen LogP contribution in [0.2, 0.25) is 0 Å². The van der Waals surface area contributed by atoms with E-state index in [1.165, 1.54) is 27.3 Å². The summed E-state index contributed by atoms with van der Waals surface area (Å²) in [5, 5.41) is 4.71. The fourth-order valence-electron chi connectivity index (χ4n) is 9.17. The molecule has 0 bridgehead atoms. The Balaban J connectivity index is 1.22. The van der Waals surface area contributed by atoms with Crippen molar-refractivity contribution >= 4 is 43.6 Å². The van der Waals surface area contributed by atoms with Crippen LogP contribution in [0.25, 0.3) is 111 Å². The van der Waals surface area contributed by atoms with E-state index in [-0.39, 0.29) is 0 Å². The van der Waals surface area contributed by atoms with Gasteiger partial charge in [-0.2, -0.15) is 0 Å². The lowest BCUT2D eigenvalue weighted by Crippen LogP contribution is -2.01. The smallest absolute Gasteiger partial charge is 0.164 e. The Morgan fingerprint density at radius 2 is 0.774 bits per heavy atom. The van der Waals surface area contributed by atoms with Gasteiger partial charge in [0.15, 0.2) is 17.5 Å². The standard InChI is InChI=1S/C57H37N5/c1-6-19-38(20-7-1)41-33-34-51-48(35-41)45-30-18-31-46(54(45)62(51)44-27-14-5-15-28-44)49-36-42(37-52-53(49)47-29-16-17-32-50(47)61(52)43-25-12-4-13-26-43)57-59-55(39-21-8-2-9-22-39)58-56(60-57)40-23-10-3-11-24-40/h1-37H. The quantitative estimate of drug-likeness (QED) is 0.162. The second-order valence-electron chi connectivity index (χ2n) is 15.6. The summed E-state index contributed by atoms with van der Waals surface area (Å²) in [6.45, 7) is 0. The molecule has 12 aromatic rings. The van der Waals surface area contributed by atoms with Crippen LogP contribution in [-0.4, -0.2) is 24.1 Å². The van der Waals surface area contributed by atoms with E-state index in [0.717, 1.165) is 66.6 Å². The van der Waals surface area contributed by atoms with Gasteiger partial charge in [-0.1, -0.05) is 170 Å². The van der Waals surface area contributed by atoms with Crippen LogP contribution in [0.4, 0.5) is 0 Å². The van der Waals surface area contributed by atoms with E-state index in [9.17, 15) is 0 Å². The second-order valence-corrected chi connectivity index (χ2v) is 15.6. The number of nitrogens with zero attached hydrogens (tertiary/aromatic N) is 5. The summed E-state index contributed by atoms with van der Waals surface area (Å²) in [5.41, 5.74) is 14.0. The molecule has 0 aliphatic rings. The molecule has 0 radical (unpaired) electrons. The molecule has 0 fully saturated rings. The summed E-state index contributed by atoms with van der Waals surface area (Å²) >= 11 is 0. The first kappa shape index (κ1) is 35.5. The maximum Gasteiger partial charge on any atom is 0.164 e. The lowest BCUT2D eigenvalue weighted by molar-refractivity contribution is 1.07. The minimum Gasteiger partial charge on any atom is -0.309 e. The summed E-state index contributed by atoms with van der Waals surface area (Å²) in [4.78, 5) is 15.6. The number of fused-ring (bicyclic) bond motifs is 6. The fraction of sp³-hybridized carbons (Fsp3) is 0. The van der Waals surface area contributed by atoms with Crippen LogP contribution >= 0.6 is 0 Å². The average molecular weight is 792 g/mol. The Bertz CT molecular complexity index is 3540. The van der Waals surface area contributed by atoms with Gasteiger partial charge in [-0.3, -0.25) is 0 Å². The van der Waals surface area contributed by atoms with Crippen LogP contribution in [0.1, 0.15) is 0 Å². The third-order valence-corrected chi connectivity index (χ3v) is 11.9. The highest BCUT2D eigenvalue weighted by molar-refractivity contribution is 6.21. The van der Waals surface area contributed by atoms with Crippen LogP contribution in [0.5, 0.6) is 0 Å². The van der Waals surface area contributed by atoms with E-state index in [0.29, 0.717) is 17.5 Å². The van der Waals surface area contributed by atoms with Gasteiger partial charge >= 0.3 is 0 Å². The van der Waals surface area contributed by atoms with E-state index < -0.39 is 0 Å².